The van der Waals surface area contributed by atoms with Crippen LogP contribution in [0.5, 0.6) is 0 Å². The number of nitrogens with zero attached hydrogens (tertiary/aromatic N) is 3. The van der Waals surface area contributed by atoms with Crippen LogP contribution in [-0.2, 0) is 11.2 Å². The molecule has 2 heterocycles. The first-order valence-corrected chi connectivity index (χ1v) is 9.07. The molecule has 7 nitrogen and oxygen atoms in total. The molecule has 1 aromatic heterocycles. The summed E-state index contributed by atoms with van der Waals surface area (Å²) in [6.45, 7) is 1.73. The quantitative estimate of drug-likeness (QED) is 0.713. The zero-order valence-electron chi connectivity index (χ0n) is 15.1. The maximum atomic E-state index is 13.6. The van der Waals surface area contributed by atoms with Crippen LogP contribution in [-0.4, -0.2) is 16.2 Å². The number of aromatic nitrogens is 2. The fraction of sp³-hybridized carbons (Fsp3) is 0.250. The van der Waals surface area contributed by atoms with Gasteiger partial charge in [-0.2, -0.15) is 4.99 Å². The van der Waals surface area contributed by atoms with Gasteiger partial charge in [-0.25, -0.2) is 4.39 Å². The predicted octanol–water partition coefficient (Wildman–Crippen LogP) is 4.01. The lowest BCUT2D eigenvalue weighted by atomic mass is 9.89. The molecule has 2 unspecified atom stereocenters. The van der Waals surface area contributed by atoms with Crippen molar-refractivity contribution in [1.29, 1.82) is 0 Å². The number of hydrogen-bond acceptors (Lipinski definition) is 7. The molecule has 28 heavy (non-hydrogen) atoms. The number of nitrogens with two attached hydrogens (primary N) is 1. The topological polar surface area (TPSA) is 98.6 Å². The van der Waals surface area contributed by atoms with E-state index in [1.807, 2.05) is 24.3 Å². The van der Waals surface area contributed by atoms with E-state index in [4.69, 9.17) is 14.9 Å². The summed E-state index contributed by atoms with van der Waals surface area (Å²) in [4.78, 5) is 4.32. The molecular weight excluding hydrogens is 361 g/mol. The molecular formula is C20H18FN5O2. The zero-order valence-corrected chi connectivity index (χ0v) is 15.1. The Hall–Kier alpha value is -3.42. The average Bonchev–Trinajstić information content (AvgIpc) is 3.27. The van der Waals surface area contributed by atoms with Gasteiger partial charge in [0.2, 0.25) is 5.89 Å². The van der Waals surface area contributed by atoms with Crippen molar-refractivity contribution in [2.75, 3.05) is 5.32 Å². The van der Waals surface area contributed by atoms with E-state index >= 15 is 0 Å². The number of rotatable bonds is 3. The fourth-order valence-electron chi connectivity index (χ4n) is 4.00. The Morgan fingerprint density at radius 1 is 1.14 bits per heavy atom. The van der Waals surface area contributed by atoms with Crippen molar-refractivity contribution in [3.05, 3.63) is 64.8 Å². The summed E-state index contributed by atoms with van der Waals surface area (Å²) in [7, 11) is 0. The number of ether oxygens (including phenoxy) is 1. The lowest BCUT2D eigenvalue weighted by molar-refractivity contribution is 0.151. The standard InChI is InChI=1S/C20H18FN5O2/c1-10-25-26-20(27-10)23-13-4-7-17-16(9-13)18(28-19(22)24-17)15-5-2-11-8-12(21)3-6-14(11)15/h3-4,6-9,15,18H,2,5H2,1H3,(H2,22,24)(H,23,26). The number of amidine groups is 1. The maximum Gasteiger partial charge on any atom is 0.320 e. The van der Waals surface area contributed by atoms with E-state index < -0.39 is 0 Å². The smallest absolute Gasteiger partial charge is 0.320 e. The van der Waals surface area contributed by atoms with Crippen molar-refractivity contribution in [2.45, 2.75) is 31.8 Å². The Morgan fingerprint density at radius 3 is 2.86 bits per heavy atom. The Morgan fingerprint density at radius 2 is 2.04 bits per heavy atom. The van der Waals surface area contributed by atoms with Gasteiger partial charge >= 0.3 is 6.01 Å². The third-order valence-electron chi connectivity index (χ3n) is 5.18. The molecule has 0 saturated heterocycles. The van der Waals surface area contributed by atoms with E-state index in [-0.39, 0.29) is 23.9 Å². The van der Waals surface area contributed by atoms with Crippen LogP contribution in [0.1, 0.15) is 41.0 Å². The van der Waals surface area contributed by atoms with Crippen LogP contribution in [0.25, 0.3) is 0 Å². The predicted molar refractivity (Wildman–Crippen MR) is 101 cm³/mol. The minimum Gasteiger partial charge on any atom is -0.456 e. The highest BCUT2D eigenvalue weighted by Gasteiger charge is 2.36. The second kappa shape index (κ2) is 6.33. The SMILES string of the molecule is Cc1nnc(Nc2ccc3c(c2)C(C2CCc4cc(F)ccc42)OC(N)=N3)o1. The van der Waals surface area contributed by atoms with Crippen LogP contribution in [0.3, 0.4) is 0 Å². The molecule has 3 N–H and O–H groups in total. The van der Waals surface area contributed by atoms with Gasteiger partial charge in [0, 0.05) is 24.1 Å². The Labute approximate surface area is 160 Å². The average molecular weight is 379 g/mol. The Bertz CT molecular complexity index is 1090. The van der Waals surface area contributed by atoms with Crippen LogP contribution < -0.4 is 11.1 Å². The number of anilines is 2. The van der Waals surface area contributed by atoms with E-state index in [1.165, 1.54) is 6.07 Å². The van der Waals surface area contributed by atoms with E-state index in [2.05, 4.69) is 20.5 Å². The Kier molecular flexibility index (Phi) is 3.78. The summed E-state index contributed by atoms with van der Waals surface area (Å²) in [5, 5.41) is 10.9. The van der Waals surface area contributed by atoms with Crippen molar-refractivity contribution >= 4 is 23.4 Å². The number of nitrogens with one attached hydrogen (secondary N) is 1. The molecule has 2 aliphatic rings. The molecule has 0 radical (unpaired) electrons. The number of aliphatic imine (C=N–C) groups is 1. The number of benzene rings is 2. The van der Waals surface area contributed by atoms with Gasteiger partial charge in [-0.05, 0) is 54.3 Å². The van der Waals surface area contributed by atoms with Gasteiger partial charge in [-0.3, -0.25) is 0 Å². The molecule has 2 atom stereocenters. The molecule has 0 saturated carbocycles. The van der Waals surface area contributed by atoms with Crippen molar-refractivity contribution in [2.24, 2.45) is 10.7 Å². The lowest BCUT2D eigenvalue weighted by Crippen LogP contribution is -2.26. The number of aryl methyl sites for hydroxylation is 2. The van der Waals surface area contributed by atoms with E-state index in [0.717, 1.165) is 40.9 Å². The molecule has 0 spiro atoms. The third-order valence-corrected chi connectivity index (χ3v) is 5.18. The second-order valence-corrected chi connectivity index (χ2v) is 7.00. The number of hydrogen-bond donors (Lipinski definition) is 2. The number of fused-ring (bicyclic) bond motifs is 2. The van der Waals surface area contributed by atoms with Gasteiger partial charge in [-0.1, -0.05) is 11.2 Å². The van der Waals surface area contributed by atoms with Crippen LogP contribution in [0.2, 0.25) is 0 Å². The molecule has 5 rings (SSSR count). The monoisotopic (exact) mass is 379 g/mol. The van der Waals surface area contributed by atoms with Crippen molar-refractivity contribution in [3.63, 3.8) is 0 Å². The van der Waals surface area contributed by atoms with Crippen LogP contribution in [0.15, 0.2) is 45.8 Å². The first-order chi connectivity index (χ1) is 13.6. The Balaban J connectivity index is 1.52. The van der Waals surface area contributed by atoms with Crippen molar-refractivity contribution in [1.82, 2.24) is 10.2 Å². The molecule has 2 aromatic carbocycles. The van der Waals surface area contributed by atoms with Crippen LogP contribution >= 0.6 is 0 Å². The van der Waals surface area contributed by atoms with Crippen molar-refractivity contribution < 1.29 is 13.5 Å². The zero-order chi connectivity index (χ0) is 19.3. The molecule has 142 valence electrons. The molecule has 8 heteroatoms. The first kappa shape index (κ1) is 16.7. The summed E-state index contributed by atoms with van der Waals surface area (Å²) >= 11 is 0. The van der Waals surface area contributed by atoms with Crippen LogP contribution in [0.4, 0.5) is 21.8 Å². The van der Waals surface area contributed by atoms with E-state index in [9.17, 15) is 4.39 Å². The first-order valence-electron chi connectivity index (χ1n) is 9.07. The van der Waals surface area contributed by atoms with E-state index in [1.54, 1.807) is 13.0 Å². The largest absolute Gasteiger partial charge is 0.456 e. The molecule has 1 aliphatic carbocycles. The fourth-order valence-corrected chi connectivity index (χ4v) is 4.00. The highest BCUT2D eigenvalue weighted by Crippen LogP contribution is 2.48. The number of halogens is 1. The van der Waals surface area contributed by atoms with Gasteiger partial charge in [0.05, 0.1) is 5.69 Å². The highest BCUT2D eigenvalue weighted by molar-refractivity contribution is 5.79. The minimum absolute atomic E-state index is 0.0734. The summed E-state index contributed by atoms with van der Waals surface area (Å²) in [6.07, 6.45) is 1.37. The van der Waals surface area contributed by atoms with Gasteiger partial charge in [-0.15, -0.1) is 5.10 Å². The molecule has 0 bridgehead atoms. The second-order valence-electron chi connectivity index (χ2n) is 7.00. The van der Waals surface area contributed by atoms with Crippen LogP contribution in [0, 0.1) is 12.7 Å². The van der Waals surface area contributed by atoms with Gasteiger partial charge < -0.3 is 20.2 Å². The van der Waals surface area contributed by atoms with Crippen molar-refractivity contribution in [3.8, 4) is 0 Å². The molecule has 0 fully saturated rings. The molecule has 1 aliphatic heterocycles. The summed E-state index contributed by atoms with van der Waals surface area (Å²) < 4.78 is 24.9. The summed E-state index contributed by atoms with van der Waals surface area (Å²) in [6, 6.07) is 11.1. The van der Waals surface area contributed by atoms with E-state index in [0.29, 0.717) is 11.9 Å². The third kappa shape index (κ3) is 2.87. The molecule has 0 amide bonds. The van der Waals surface area contributed by atoms with Gasteiger partial charge in [0.25, 0.3) is 6.02 Å². The van der Waals surface area contributed by atoms with Gasteiger partial charge in [0.15, 0.2) is 0 Å². The normalized spacial score (nSPS) is 20.1. The summed E-state index contributed by atoms with van der Waals surface area (Å²) in [5.41, 5.74) is 10.5. The highest BCUT2D eigenvalue weighted by atomic mass is 19.1. The lowest BCUT2D eigenvalue weighted by Gasteiger charge is -2.29. The maximum absolute atomic E-state index is 13.6. The minimum atomic E-state index is -0.301. The molecule has 3 aromatic rings. The van der Waals surface area contributed by atoms with Gasteiger partial charge in [0.1, 0.15) is 11.9 Å². The summed E-state index contributed by atoms with van der Waals surface area (Å²) in [5.74, 6) is 0.338.